The summed E-state index contributed by atoms with van der Waals surface area (Å²) < 4.78 is 0. The van der Waals surface area contributed by atoms with Crippen LogP contribution in [0, 0.1) is 0 Å². The van der Waals surface area contributed by atoms with Gasteiger partial charge in [0.2, 0.25) is 0 Å². The van der Waals surface area contributed by atoms with E-state index in [1.165, 1.54) is 11.3 Å². The molecule has 14 heavy (non-hydrogen) atoms. The van der Waals surface area contributed by atoms with Gasteiger partial charge in [-0.05, 0) is 24.8 Å². The average Bonchev–Trinajstić information content (AvgIpc) is 2.69. The molecule has 0 fully saturated rings. The fourth-order valence-corrected chi connectivity index (χ4v) is 1.85. The second-order valence-corrected chi connectivity index (χ2v) is 4.55. The SMILES string of the molecule is CCC(C)NCCNCc1cccs1. The van der Waals surface area contributed by atoms with Crippen LogP contribution in [0.4, 0.5) is 0 Å². The van der Waals surface area contributed by atoms with Gasteiger partial charge in [-0.2, -0.15) is 0 Å². The second kappa shape index (κ2) is 6.98. The van der Waals surface area contributed by atoms with Crippen molar-refractivity contribution in [2.24, 2.45) is 0 Å². The number of hydrogen-bond donors (Lipinski definition) is 2. The molecule has 0 aliphatic heterocycles. The van der Waals surface area contributed by atoms with Gasteiger partial charge in [-0.15, -0.1) is 11.3 Å². The highest BCUT2D eigenvalue weighted by Gasteiger charge is 1.96. The molecule has 0 radical (unpaired) electrons. The summed E-state index contributed by atoms with van der Waals surface area (Å²) in [7, 11) is 0. The normalized spacial score (nSPS) is 13.0. The van der Waals surface area contributed by atoms with Gasteiger partial charge in [0, 0.05) is 30.6 Å². The van der Waals surface area contributed by atoms with Gasteiger partial charge in [0.05, 0.1) is 0 Å². The van der Waals surface area contributed by atoms with Crippen LogP contribution in [0.1, 0.15) is 25.1 Å². The maximum atomic E-state index is 3.45. The molecule has 2 N–H and O–H groups in total. The third-order valence-electron chi connectivity index (χ3n) is 2.29. The Bertz CT molecular complexity index is 221. The fraction of sp³-hybridized carbons (Fsp3) is 0.636. The zero-order valence-corrected chi connectivity index (χ0v) is 9.86. The molecule has 2 nitrogen and oxygen atoms in total. The topological polar surface area (TPSA) is 24.1 Å². The molecule has 1 aromatic rings. The summed E-state index contributed by atoms with van der Waals surface area (Å²) in [4.78, 5) is 1.41. The summed E-state index contributed by atoms with van der Waals surface area (Å²) in [5.74, 6) is 0. The lowest BCUT2D eigenvalue weighted by atomic mass is 10.2. The first kappa shape index (κ1) is 11.7. The quantitative estimate of drug-likeness (QED) is 0.677. The summed E-state index contributed by atoms with van der Waals surface area (Å²) in [5, 5.41) is 8.99. The van der Waals surface area contributed by atoms with Gasteiger partial charge >= 0.3 is 0 Å². The summed E-state index contributed by atoms with van der Waals surface area (Å²) >= 11 is 1.81. The molecule has 1 atom stereocenters. The van der Waals surface area contributed by atoms with Crippen LogP contribution in [0.3, 0.4) is 0 Å². The van der Waals surface area contributed by atoms with Gasteiger partial charge in [0.25, 0.3) is 0 Å². The van der Waals surface area contributed by atoms with Gasteiger partial charge < -0.3 is 10.6 Å². The van der Waals surface area contributed by atoms with Crippen molar-refractivity contribution in [1.29, 1.82) is 0 Å². The zero-order chi connectivity index (χ0) is 10.2. The Morgan fingerprint density at radius 3 is 2.93 bits per heavy atom. The Labute approximate surface area is 90.7 Å². The molecule has 0 bridgehead atoms. The minimum absolute atomic E-state index is 0.638. The van der Waals surface area contributed by atoms with E-state index in [-0.39, 0.29) is 0 Å². The molecule has 0 saturated heterocycles. The van der Waals surface area contributed by atoms with Gasteiger partial charge in [0.1, 0.15) is 0 Å². The predicted octanol–water partition coefficient (Wildman–Crippen LogP) is 2.23. The number of hydrogen-bond acceptors (Lipinski definition) is 3. The van der Waals surface area contributed by atoms with Crippen molar-refractivity contribution in [3.8, 4) is 0 Å². The largest absolute Gasteiger partial charge is 0.313 e. The van der Waals surface area contributed by atoms with Crippen molar-refractivity contribution < 1.29 is 0 Å². The zero-order valence-electron chi connectivity index (χ0n) is 9.05. The van der Waals surface area contributed by atoms with E-state index >= 15 is 0 Å². The molecule has 1 rings (SSSR count). The fourth-order valence-electron chi connectivity index (χ4n) is 1.18. The number of thiophene rings is 1. The maximum Gasteiger partial charge on any atom is 0.0300 e. The number of rotatable bonds is 7. The highest BCUT2D eigenvalue weighted by Crippen LogP contribution is 2.06. The maximum absolute atomic E-state index is 3.45. The van der Waals surface area contributed by atoms with Gasteiger partial charge in [0.15, 0.2) is 0 Å². The Balaban J connectivity index is 1.95. The van der Waals surface area contributed by atoms with Gasteiger partial charge in [-0.25, -0.2) is 0 Å². The first-order valence-electron chi connectivity index (χ1n) is 5.29. The van der Waals surface area contributed by atoms with Crippen molar-refractivity contribution in [2.75, 3.05) is 13.1 Å². The van der Waals surface area contributed by atoms with Crippen LogP contribution in [0.2, 0.25) is 0 Å². The smallest absolute Gasteiger partial charge is 0.0300 e. The van der Waals surface area contributed by atoms with Crippen molar-refractivity contribution in [1.82, 2.24) is 10.6 Å². The summed E-state index contributed by atoms with van der Waals surface area (Å²) in [6.45, 7) is 7.53. The van der Waals surface area contributed by atoms with E-state index in [1.807, 2.05) is 11.3 Å². The molecule has 1 heterocycles. The molecule has 0 spiro atoms. The van der Waals surface area contributed by atoms with Crippen LogP contribution in [-0.4, -0.2) is 19.1 Å². The predicted molar refractivity (Wildman–Crippen MR) is 63.8 cm³/mol. The molecule has 3 heteroatoms. The van der Waals surface area contributed by atoms with Crippen molar-refractivity contribution >= 4 is 11.3 Å². The summed E-state index contributed by atoms with van der Waals surface area (Å²) in [5.41, 5.74) is 0. The number of nitrogens with one attached hydrogen (secondary N) is 2. The highest BCUT2D eigenvalue weighted by molar-refractivity contribution is 7.09. The Morgan fingerprint density at radius 2 is 2.29 bits per heavy atom. The molecule has 0 saturated carbocycles. The van der Waals surface area contributed by atoms with Gasteiger partial charge in [-0.3, -0.25) is 0 Å². The first-order valence-corrected chi connectivity index (χ1v) is 6.17. The monoisotopic (exact) mass is 212 g/mol. The van der Waals surface area contributed by atoms with Crippen LogP contribution in [-0.2, 0) is 6.54 Å². The molecule has 0 aromatic carbocycles. The van der Waals surface area contributed by atoms with Crippen LogP contribution >= 0.6 is 11.3 Å². The van der Waals surface area contributed by atoms with E-state index in [1.54, 1.807) is 0 Å². The molecule has 0 aliphatic carbocycles. The van der Waals surface area contributed by atoms with E-state index in [2.05, 4.69) is 42.0 Å². The molecule has 1 aromatic heterocycles. The van der Waals surface area contributed by atoms with Crippen molar-refractivity contribution in [3.63, 3.8) is 0 Å². The van der Waals surface area contributed by atoms with Crippen LogP contribution in [0.25, 0.3) is 0 Å². The highest BCUT2D eigenvalue weighted by atomic mass is 32.1. The standard InChI is InChI=1S/C11H20N2S/c1-3-10(2)13-7-6-12-9-11-5-4-8-14-11/h4-5,8,10,12-13H,3,6-7,9H2,1-2H3. The van der Waals surface area contributed by atoms with E-state index < -0.39 is 0 Å². The lowest BCUT2D eigenvalue weighted by molar-refractivity contribution is 0.518. The third kappa shape index (κ3) is 4.74. The third-order valence-corrected chi connectivity index (χ3v) is 3.16. The van der Waals surface area contributed by atoms with E-state index in [0.717, 1.165) is 19.6 Å². The Morgan fingerprint density at radius 1 is 1.43 bits per heavy atom. The minimum Gasteiger partial charge on any atom is -0.313 e. The van der Waals surface area contributed by atoms with Crippen LogP contribution < -0.4 is 10.6 Å². The Hall–Kier alpha value is -0.380. The van der Waals surface area contributed by atoms with Crippen molar-refractivity contribution in [3.05, 3.63) is 22.4 Å². The molecule has 0 aliphatic rings. The lowest BCUT2D eigenvalue weighted by Crippen LogP contribution is -2.32. The Kier molecular flexibility index (Phi) is 5.83. The minimum atomic E-state index is 0.638. The first-order chi connectivity index (χ1) is 6.83. The lowest BCUT2D eigenvalue weighted by Gasteiger charge is -2.11. The molecule has 80 valence electrons. The molecular formula is C11H20N2S. The van der Waals surface area contributed by atoms with E-state index in [4.69, 9.17) is 0 Å². The molecule has 0 amide bonds. The van der Waals surface area contributed by atoms with E-state index in [9.17, 15) is 0 Å². The second-order valence-electron chi connectivity index (χ2n) is 3.52. The van der Waals surface area contributed by atoms with Gasteiger partial charge in [-0.1, -0.05) is 13.0 Å². The molecule has 1 unspecified atom stereocenters. The van der Waals surface area contributed by atoms with Crippen molar-refractivity contribution in [2.45, 2.75) is 32.9 Å². The van der Waals surface area contributed by atoms with E-state index in [0.29, 0.717) is 6.04 Å². The summed E-state index contributed by atoms with van der Waals surface area (Å²) in [6.07, 6.45) is 1.20. The summed E-state index contributed by atoms with van der Waals surface area (Å²) in [6, 6.07) is 4.90. The molecular weight excluding hydrogens is 192 g/mol. The van der Waals surface area contributed by atoms with Crippen LogP contribution in [0.5, 0.6) is 0 Å². The average molecular weight is 212 g/mol. The van der Waals surface area contributed by atoms with Crippen LogP contribution in [0.15, 0.2) is 17.5 Å².